The molecule has 0 saturated heterocycles. The predicted molar refractivity (Wildman–Crippen MR) is 62.8 cm³/mol. The maximum atomic E-state index is 5.78. The van der Waals surface area contributed by atoms with E-state index in [-0.39, 0.29) is 6.04 Å². The molecule has 17 heavy (non-hydrogen) atoms. The van der Waals surface area contributed by atoms with Crippen LogP contribution in [0.3, 0.4) is 0 Å². The van der Waals surface area contributed by atoms with Gasteiger partial charge in [-0.1, -0.05) is 11.6 Å². The summed E-state index contributed by atoms with van der Waals surface area (Å²) in [6.45, 7) is 0.795. The number of hydrogen-bond acceptors (Lipinski definition) is 5. The Morgan fingerprint density at radius 2 is 2.35 bits per heavy atom. The van der Waals surface area contributed by atoms with E-state index in [2.05, 4.69) is 25.4 Å². The van der Waals surface area contributed by atoms with Crippen molar-refractivity contribution in [2.75, 3.05) is 5.32 Å². The zero-order valence-corrected chi connectivity index (χ0v) is 9.80. The molecule has 0 saturated carbocycles. The molecular weight excluding hydrogens is 240 g/mol. The fourth-order valence-corrected chi connectivity index (χ4v) is 2.12. The van der Waals surface area contributed by atoms with Crippen LogP contribution in [-0.2, 0) is 13.0 Å². The van der Waals surface area contributed by atoms with Gasteiger partial charge in [0.05, 0.1) is 18.9 Å². The van der Waals surface area contributed by atoms with Crippen LogP contribution in [0.15, 0.2) is 18.7 Å². The monoisotopic (exact) mass is 250 g/mol. The fourth-order valence-electron chi connectivity index (χ4n) is 1.98. The third kappa shape index (κ3) is 2.21. The molecule has 3 rings (SSSR count). The molecule has 1 atom stereocenters. The lowest BCUT2D eigenvalue weighted by atomic mass is 10.1. The highest BCUT2D eigenvalue weighted by molar-refractivity contribution is 6.29. The van der Waals surface area contributed by atoms with E-state index in [1.54, 1.807) is 12.5 Å². The molecule has 88 valence electrons. The Bertz CT molecular complexity index is 525. The summed E-state index contributed by atoms with van der Waals surface area (Å²) < 4.78 is 1.92. The Hall–Kier alpha value is -1.69. The SMILES string of the molecule is Clc1cncc(NC2CCc3ncnn3C2)n1. The highest BCUT2D eigenvalue weighted by Gasteiger charge is 2.19. The maximum Gasteiger partial charge on any atom is 0.149 e. The van der Waals surface area contributed by atoms with Crippen LogP contribution in [0.1, 0.15) is 12.2 Å². The van der Waals surface area contributed by atoms with Crippen LogP contribution >= 0.6 is 11.6 Å². The highest BCUT2D eigenvalue weighted by atomic mass is 35.5. The van der Waals surface area contributed by atoms with Gasteiger partial charge in [-0.2, -0.15) is 5.10 Å². The van der Waals surface area contributed by atoms with Crippen molar-refractivity contribution in [2.45, 2.75) is 25.4 Å². The predicted octanol–water partition coefficient (Wildman–Crippen LogP) is 1.15. The molecular formula is C10H11ClN6. The van der Waals surface area contributed by atoms with Gasteiger partial charge in [-0.3, -0.25) is 4.98 Å². The Labute approximate surface area is 103 Å². The zero-order valence-electron chi connectivity index (χ0n) is 9.04. The number of nitrogens with one attached hydrogen (secondary N) is 1. The largest absolute Gasteiger partial charge is 0.364 e. The molecule has 0 radical (unpaired) electrons. The molecule has 2 aromatic heterocycles. The second kappa shape index (κ2) is 4.29. The Morgan fingerprint density at radius 1 is 1.41 bits per heavy atom. The number of aromatic nitrogens is 5. The molecule has 6 nitrogen and oxygen atoms in total. The summed E-state index contributed by atoms with van der Waals surface area (Å²) in [5.41, 5.74) is 0. The number of halogens is 1. The van der Waals surface area contributed by atoms with Crippen molar-refractivity contribution < 1.29 is 0 Å². The molecule has 0 spiro atoms. The van der Waals surface area contributed by atoms with E-state index in [0.717, 1.165) is 25.2 Å². The van der Waals surface area contributed by atoms with Gasteiger partial charge < -0.3 is 5.32 Å². The van der Waals surface area contributed by atoms with E-state index in [1.165, 1.54) is 6.20 Å². The number of aryl methyl sites for hydroxylation is 1. The molecule has 1 aliphatic rings. The molecule has 7 heteroatoms. The standard InChI is InChI=1S/C10H11ClN6/c11-8-3-12-4-9(16-8)15-7-1-2-10-13-6-14-17(10)5-7/h3-4,6-7H,1-2,5H2,(H,15,16). The Morgan fingerprint density at radius 3 is 3.24 bits per heavy atom. The maximum absolute atomic E-state index is 5.78. The van der Waals surface area contributed by atoms with E-state index in [9.17, 15) is 0 Å². The van der Waals surface area contributed by atoms with E-state index >= 15 is 0 Å². The molecule has 0 aliphatic carbocycles. The average Bonchev–Trinajstić information content (AvgIpc) is 2.76. The van der Waals surface area contributed by atoms with Crippen molar-refractivity contribution in [1.82, 2.24) is 24.7 Å². The van der Waals surface area contributed by atoms with Gasteiger partial charge >= 0.3 is 0 Å². The van der Waals surface area contributed by atoms with Crippen molar-refractivity contribution >= 4 is 17.4 Å². The van der Waals surface area contributed by atoms with Gasteiger partial charge in [0.2, 0.25) is 0 Å². The second-order valence-corrected chi connectivity index (χ2v) is 4.35. The van der Waals surface area contributed by atoms with Crippen LogP contribution in [-0.4, -0.2) is 30.8 Å². The van der Waals surface area contributed by atoms with Crippen LogP contribution < -0.4 is 5.32 Å². The zero-order chi connectivity index (χ0) is 11.7. The number of hydrogen-bond donors (Lipinski definition) is 1. The van der Waals surface area contributed by atoms with Crippen LogP contribution in [0.2, 0.25) is 5.15 Å². The van der Waals surface area contributed by atoms with Crippen molar-refractivity contribution in [3.8, 4) is 0 Å². The quantitative estimate of drug-likeness (QED) is 0.866. The summed E-state index contributed by atoms with van der Waals surface area (Å²) in [6.07, 6.45) is 6.71. The molecule has 1 N–H and O–H groups in total. The summed E-state index contributed by atoms with van der Waals surface area (Å²) in [6, 6.07) is 0.289. The molecule has 3 heterocycles. The lowest BCUT2D eigenvalue weighted by Gasteiger charge is -2.23. The van der Waals surface area contributed by atoms with E-state index in [0.29, 0.717) is 11.0 Å². The number of rotatable bonds is 2. The van der Waals surface area contributed by atoms with Crippen molar-refractivity contribution in [3.05, 3.63) is 29.7 Å². The van der Waals surface area contributed by atoms with Gasteiger partial charge in [0.15, 0.2) is 0 Å². The summed E-state index contributed by atoms with van der Waals surface area (Å²) >= 11 is 5.78. The van der Waals surface area contributed by atoms with Crippen molar-refractivity contribution in [3.63, 3.8) is 0 Å². The summed E-state index contributed by atoms with van der Waals surface area (Å²) in [4.78, 5) is 12.3. The first kappa shape index (κ1) is 10.5. The summed E-state index contributed by atoms with van der Waals surface area (Å²) in [5.74, 6) is 1.74. The Balaban J connectivity index is 1.72. The first-order valence-corrected chi connectivity index (χ1v) is 5.80. The van der Waals surface area contributed by atoms with Gasteiger partial charge in [-0.15, -0.1) is 0 Å². The second-order valence-electron chi connectivity index (χ2n) is 3.97. The molecule has 0 aromatic carbocycles. The van der Waals surface area contributed by atoms with Gasteiger partial charge in [0.25, 0.3) is 0 Å². The minimum Gasteiger partial charge on any atom is -0.364 e. The molecule has 1 aliphatic heterocycles. The van der Waals surface area contributed by atoms with Gasteiger partial charge in [0, 0.05) is 12.5 Å². The molecule has 0 fully saturated rings. The Kier molecular flexibility index (Phi) is 2.64. The van der Waals surface area contributed by atoms with Gasteiger partial charge in [-0.05, 0) is 6.42 Å². The normalized spacial score (nSPS) is 18.8. The first-order valence-electron chi connectivity index (χ1n) is 5.42. The van der Waals surface area contributed by atoms with Crippen LogP contribution in [0.5, 0.6) is 0 Å². The lowest BCUT2D eigenvalue weighted by molar-refractivity contribution is 0.440. The third-order valence-corrected chi connectivity index (χ3v) is 2.94. The summed E-state index contributed by atoms with van der Waals surface area (Å²) in [7, 11) is 0. The molecule has 0 bridgehead atoms. The molecule has 2 aromatic rings. The number of fused-ring (bicyclic) bond motifs is 1. The minimum atomic E-state index is 0.289. The van der Waals surface area contributed by atoms with Gasteiger partial charge in [0.1, 0.15) is 23.1 Å². The van der Waals surface area contributed by atoms with Crippen molar-refractivity contribution in [2.24, 2.45) is 0 Å². The topological polar surface area (TPSA) is 68.5 Å². The molecule has 0 amide bonds. The van der Waals surface area contributed by atoms with Crippen LogP contribution in [0, 0.1) is 0 Å². The van der Waals surface area contributed by atoms with Gasteiger partial charge in [-0.25, -0.2) is 14.6 Å². The lowest BCUT2D eigenvalue weighted by Crippen LogP contribution is -2.32. The highest BCUT2D eigenvalue weighted by Crippen LogP contribution is 2.16. The van der Waals surface area contributed by atoms with E-state index < -0.39 is 0 Å². The molecule has 1 unspecified atom stereocenters. The minimum absolute atomic E-state index is 0.289. The van der Waals surface area contributed by atoms with Crippen LogP contribution in [0.4, 0.5) is 5.82 Å². The number of anilines is 1. The number of nitrogens with zero attached hydrogens (tertiary/aromatic N) is 5. The van der Waals surface area contributed by atoms with Crippen molar-refractivity contribution in [1.29, 1.82) is 0 Å². The van der Waals surface area contributed by atoms with Crippen LogP contribution in [0.25, 0.3) is 0 Å². The van der Waals surface area contributed by atoms with E-state index in [4.69, 9.17) is 11.6 Å². The first-order chi connectivity index (χ1) is 8.31. The summed E-state index contributed by atoms with van der Waals surface area (Å²) in [5, 5.41) is 7.87. The smallest absolute Gasteiger partial charge is 0.149 e. The fraction of sp³-hybridized carbons (Fsp3) is 0.400. The third-order valence-electron chi connectivity index (χ3n) is 2.76. The van der Waals surface area contributed by atoms with E-state index in [1.807, 2.05) is 4.68 Å². The average molecular weight is 251 g/mol.